The van der Waals surface area contributed by atoms with E-state index in [0.717, 1.165) is 23.3 Å². The van der Waals surface area contributed by atoms with Gasteiger partial charge in [-0.2, -0.15) is 0 Å². The first-order chi connectivity index (χ1) is 13.1. The Hall–Kier alpha value is -2.87. The average Bonchev–Trinajstić information content (AvgIpc) is 2.69. The van der Waals surface area contributed by atoms with Gasteiger partial charge in [-0.1, -0.05) is 67.6 Å². The van der Waals surface area contributed by atoms with Crippen LogP contribution in [0.15, 0.2) is 72.8 Å². The molecule has 1 atom stereocenters. The van der Waals surface area contributed by atoms with Gasteiger partial charge in [0.25, 0.3) is 0 Å². The second kappa shape index (κ2) is 9.18. The summed E-state index contributed by atoms with van der Waals surface area (Å²) in [6.45, 7) is 4.93. The summed E-state index contributed by atoms with van der Waals surface area (Å²) in [5.74, 6) is 1.16. The Labute approximate surface area is 161 Å². The van der Waals surface area contributed by atoms with Crippen molar-refractivity contribution in [2.45, 2.75) is 26.2 Å². The van der Waals surface area contributed by atoms with Crippen LogP contribution in [0.5, 0.6) is 5.75 Å². The van der Waals surface area contributed by atoms with Gasteiger partial charge in [-0.25, -0.2) is 4.39 Å². The van der Waals surface area contributed by atoms with E-state index in [4.69, 9.17) is 4.74 Å². The molecular weight excluding hydrogens is 335 g/mol. The van der Waals surface area contributed by atoms with E-state index in [1.165, 1.54) is 23.3 Å². The Morgan fingerprint density at radius 1 is 0.815 bits per heavy atom. The lowest BCUT2D eigenvalue weighted by atomic mass is 9.93. The third kappa shape index (κ3) is 5.55. The van der Waals surface area contributed by atoms with Gasteiger partial charge in [0.2, 0.25) is 0 Å². The zero-order valence-electron chi connectivity index (χ0n) is 15.9. The van der Waals surface area contributed by atoms with E-state index in [1.807, 2.05) is 31.2 Å². The standard InChI is InChI=1S/C25H25FO/c1-3-27-25-16-12-23(13-17-25)19(2)18-22-8-6-20(7-9-22)4-5-21-10-14-24(26)15-11-21/h4-17,19H,3,18H2,1-2H3/t19-/m1/s1. The smallest absolute Gasteiger partial charge is 0.123 e. The van der Waals surface area contributed by atoms with Gasteiger partial charge in [0, 0.05) is 0 Å². The highest BCUT2D eigenvalue weighted by Gasteiger charge is 2.07. The van der Waals surface area contributed by atoms with Gasteiger partial charge in [0.05, 0.1) is 6.61 Å². The Morgan fingerprint density at radius 3 is 1.93 bits per heavy atom. The molecule has 0 aromatic heterocycles. The minimum absolute atomic E-state index is 0.210. The molecule has 1 nitrogen and oxygen atoms in total. The summed E-state index contributed by atoms with van der Waals surface area (Å²) >= 11 is 0. The van der Waals surface area contributed by atoms with Crippen molar-refractivity contribution in [2.24, 2.45) is 0 Å². The summed E-state index contributed by atoms with van der Waals surface area (Å²) in [4.78, 5) is 0. The van der Waals surface area contributed by atoms with Gasteiger partial charge >= 0.3 is 0 Å². The molecule has 0 aliphatic heterocycles. The van der Waals surface area contributed by atoms with E-state index in [0.29, 0.717) is 12.5 Å². The van der Waals surface area contributed by atoms with Crippen LogP contribution in [-0.4, -0.2) is 6.61 Å². The van der Waals surface area contributed by atoms with Gasteiger partial charge in [0.1, 0.15) is 11.6 Å². The lowest BCUT2D eigenvalue weighted by Gasteiger charge is -2.13. The molecule has 0 aliphatic carbocycles. The number of ether oxygens (including phenoxy) is 1. The van der Waals surface area contributed by atoms with Crippen LogP contribution in [0.3, 0.4) is 0 Å². The second-order valence-electron chi connectivity index (χ2n) is 6.73. The highest BCUT2D eigenvalue weighted by atomic mass is 19.1. The molecule has 0 amide bonds. The summed E-state index contributed by atoms with van der Waals surface area (Å²) in [7, 11) is 0. The van der Waals surface area contributed by atoms with E-state index in [-0.39, 0.29) is 5.82 Å². The van der Waals surface area contributed by atoms with E-state index < -0.39 is 0 Å². The molecule has 2 heteroatoms. The van der Waals surface area contributed by atoms with Crippen LogP contribution in [0.1, 0.15) is 42.0 Å². The van der Waals surface area contributed by atoms with E-state index in [9.17, 15) is 4.39 Å². The molecule has 0 spiro atoms. The molecule has 0 saturated carbocycles. The predicted octanol–water partition coefficient (Wildman–Crippen LogP) is 6.74. The van der Waals surface area contributed by atoms with Crippen LogP contribution in [0.25, 0.3) is 12.2 Å². The van der Waals surface area contributed by atoms with E-state index >= 15 is 0 Å². The summed E-state index contributed by atoms with van der Waals surface area (Å²) in [5.41, 5.74) is 4.76. The van der Waals surface area contributed by atoms with Crippen LogP contribution < -0.4 is 4.74 Å². The zero-order chi connectivity index (χ0) is 19.1. The second-order valence-corrected chi connectivity index (χ2v) is 6.73. The third-order valence-corrected chi connectivity index (χ3v) is 4.62. The van der Waals surface area contributed by atoms with Gasteiger partial charge in [0.15, 0.2) is 0 Å². The molecular formula is C25H25FO. The van der Waals surface area contributed by atoms with Crippen LogP contribution in [0.2, 0.25) is 0 Å². The van der Waals surface area contributed by atoms with Crippen molar-refractivity contribution in [3.63, 3.8) is 0 Å². The first-order valence-corrected chi connectivity index (χ1v) is 9.39. The molecule has 0 radical (unpaired) electrons. The quantitative estimate of drug-likeness (QED) is 0.424. The summed E-state index contributed by atoms with van der Waals surface area (Å²) in [5, 5.41) is 0. The maximum Gasteiger partial charge on any atom is 0.123 e. The molecule has 3 aromatic rings. The van der Waals surface area contributed by atoms with Crippen LogP contribution in [-0.2, 0) is 6.42 Å². The molecule has 3 aromatic carbocycles. The van der Waals surface area contributed by atoms with E-state index in [1.54, 1.807) is 12.1 Å². The van der Waals surface area contributed by atoms with Crippen molar-refractivity contribution in [2.75, 3.05) is 6.61 Å². The molecule has 3 rings (SSSR count). The SMILES string of the molecule is CCOc1ccc([C@H](C)Cc2ccc(C=Cc3ccc(F)cc3)cc2)cc1. The molecule has 0 bridgehead atoms. The number of halogens is 1. The Morgan fingerprint density at radius 2 is 1.37 bits per heavy atom. The summed E-state index contributed by atoms with van der Waals surface area (Å²) in [6.07, 6.45) is 5.04. The van der Waals surface area contributed by atoms with Crippen molar-refractivity contribution in [1.82, 2.24) is 0 Å². The maximum absolute atomic E-state index is 12.9. The number of benzene rings is 3. The third-order valence-electron chi connectivity index (χ3n) is 4.62. The Bertz CT molecular complexity index is 862. The fourth-order valence-corrected chi connectivity index (χ4v) is 3.06. The lowest BCUT2D eigenvalue weighted by molar-refractivity contribution is 0.340. The molecule has 0 N–H and O–H groups in total. The largest absolute Gasteiger partial charge is 0.494 e. The Balaban J connectivity index is 1.60. The molecule has 0 unspecified atom stereocenters. The van der Waals surface area contributed by atoms with Crippen molar-refractivity contribution < 1.29 is 9.13 Å². The monoisotopic (exact) mass is 360 g/mol. The normalized spacial score (nSPS) is 12.3. The highest BCUT2D eigenvalue weighted by Crippen LogP contribution is 2.23. The lowest BCUT2D eigenvalue weighted by Crippen LogP contribution is -1.99. The minimum Gasteiger partial charge on any atom is -0.494 e. The molecule has 0 fully saturated rings. The summed E-state index contributed by atoms with van der Waals surface area (Å²) < 4.78 is 18.5. The van der Waals surface area contributed by atoms with Crippen molar-refractivity contribution in [3.8, 4) is 5.75 Å². The van der Waals surface area contributed by atoms with Gasteiger partial charge in [-0.05, 0) is 65.8 Å². The minimum atomic E-state index is -0.210. The van der Waals surface area contributed by atoms with Gasteiger partial charge in [-0.3, -0.25) is 0 Å². The van der Waals surface area contributed by atoms with Crippen molar-refractivity contribution in [1.29, 1.82) is 0 Å². The maximum atomic E-state index is 12.9. The molecule has 0 aliphatic rings. The van der Waals surface area contributed by atoms with Gasteiger partial charge in [-0.15, -0.1) is 0 Å². The number of hydrogen-bond acceptors (Lipinski definition) is 1. The highest BCUT2D eigenvalue weighted by molar-refractivity contribution is 5.69. The average molecular weight is 360 g/mol. The van der Waals surface area contributed by atoms with Gasteiger partial charge < -0.3 is 4.74 Å². The van der Waals surface area contributed by atoms with E-state index in [2.05, 4.69) is 43.3 Å². The molecule has 0 heterocycles. The first kappa shape index (κ1) is 18.9. The predicted molar refractivity (Wildman–Crippen MR) is 112 cm³/mol. The topological polar surface area (TPSA) is 9.23 Å². The van der Waals surface area contributed by atoms with Crippen LogP contribution in [0, 0.1) is 5.82 Å². The van der Waals surface area contributed by atoms with Crippen molar-refractivity contribution >= 4 is 12.2 Å². The van der Waals surface area contributed by atoms with Crippen LogP contribution in [0.4, 0.5) is 4.39 Å². The zero-order valence-corrected chi connectivity index (χ0v) is 15.9. The molecule has 0 saturated heterocycles. The molecule has 27 heavy (non-hydrogen) atoms. The number of rotatable bonds is 7. The molecule has 138 valence electrons. The van der Waals surface area contributed by atoms with Crippen molar-refractivity contribution in [3.05, 3.63) is 101 Å². The fourth-order valence-electron chi connectivity index (χ4n) is 3.06. The summed E-state index contributed by atoms with van der Waals surface area (Å²) in [6, 6.07) is 23.5. The van der Waals surface area contributed by atoms with Crippen LogP contribution >= 0.6 is 0 Å². The first-order valence-electron chi connectivity index (χ1n) is 9.39. The Kier molecular flexibility index (Phi) is 6.43. The number of hydrogen-bond donors (Lipinski definition) is 0. The fraction of sp³-hybridized carbons (Fsp3) is 0.200.